The van der Waals surface area contributed by atoms with Crippen LogP contribution in [0.4, 0.5) is 5.82 Å². The van der Waals surface area contributed by atoms with Crippen molar-refractivity contribution >= 4 is 11.8 Å². The van der Waals surface area contributed by atoms with Gasteiger partial charge in [0.05, 0.1) is 0 Å². The second kappa shape index (κ2) is 5.71. The summed E-state index contributed by atoms with van der Waals surface area (Å²) in [5.41, 5.74) is -0.0736. The van der Waals surface area contributed by atoms with Crippen LogP contribution in [-0.2, 0) is 0 Å². The lowest BCUT2D eigenvalue weighted by Gasteiger charge is -2.13. The summed E-state index contributed by atoms with van der Waals surface area (Å²) in [6.45, 7) is 2.01. The summed E-state index contributed by atoms with van der Waals surface area (Å²) in [7, 11) is 0. The second-order valence-corrected chi connectivity index (χ2v) is 3.27. The molecule has 1 aromatic heterocycles. The highest BCUT2D eigenvalue weighted by atomic mass is 16.4. The van der Waals surface area contributed by atoms with Gasteiger partial charge in [-0.3, -0.25) is 0 Å². The van der Waals surface area contributed by atoms with Crippen LogP contribution in [0.15, 0.2) is 12.1 Å². The Labute approximate surface area is 93.9 Å². The molecule has 0 aliphatic carbocycles. The van der Waals surface area contributed by atoms with Crippen LogP contribution in [0, 0.1) is 12.3 Å². The van der Waals surface area contributed by atoms with Crippen LogP contribution >= 0.6 is 0 Å². The molecule has 1 rings (SSSR count). The lowest BCUT2D eigenvalue weighted by molar-refractivity contribution is 0.0689. The van der Waals surface area contributed by atoms with E-state index in [2.05, 4.69) is 21.4 Å². The molecule has 2 N–H and O–H groups in total. The maximum Gasteiger partial charge on any atom is 0.356 e. The predicted octanol–water partition coefficient (Wildman–Crippen LogP) is 1.39. The Morgan fingerprint density at radius 2 is 2.38 bits per heavy atom. The summed E-state index contributed by atoms with van der Waals surface area (Å²) in [6, 6.07) is 3.12. The summed E-state index contributed by atoms with van der Waals surface area (Å²) in [5, 5.41) is 19.0. The smallest absolute Gasteiger partial charge is 0.356 e. The number of nitrogens with zero attached hydrogens (tertiary/aromatic N) is 2. The third-order valence-electron chi connectivity index (χ3n) is 2.09. The van der Waals surface area contributed by atoms with Crippen LogP contribution in [0.3, 0.4) is 0 Å². The fourth-order valence-corrected chi connectivity index (χ4v) is 1.17. The van der Waals surface area contributed by atoms with E-state index in [1.165, 1.54) is 6.07 Å². The molecule has 0 saturated carbocycles. The molecular formula is C11H13N3O2. The van der Waals surface area contributed by atoms with Crippen molar-refractivity contribution in [3.63, 3.8) is 0 Å². The Kier molecular flexibility index (Phi) is 4.28. The van der Waals surface area contributed by atoms with Crippen molar-refractivity contribution in [2.45, 2.75) is 25.8 Å². The van der Waals surface area contributed by atoms with E-state index in [0.29, 0.717) is 12.2 Å². The molecule has 5 nitrogen and oxygen atoms in total. The Hall–Kier alpha value is -2.09. The average molecular weight is 219 g/mol. The van der Waals surface area contributed by atoms with Gasteiger partial charge >= 0.3 is 5.97 Å². The summed E-state index contributed by atoms with van der Waals surface area (Å²) >= 11 is 0. The number of aromatic carboxylic acids is 1. The number of anilines is 1. The van der Waals surface area contributed by atoms with Crippen LogP contribution in [0.25, 0.3) is 0 Å². The molecule has 0 radical (unpaired) electrons. The van der Waals surface area contributed by atoms with E-state index in [0.717, 1.165) is 6.42 Å². The van der Waals surface area contributed by atoms with Gasteiger partial charge in [0.2, 0.25) is 0 Å². The molecule has 0 spiro atoms. The number of terminal acetylenes is 1. The molecule has 1 atom stereocenters. The third kappa shape index (κ3) is 3.24. The molecule has 0 fully saturated rings. The van der Waals surface area contributed by atoms with Crippen molar-refractivity contribution in [3.05, 3.63) is 17.8 Å². The zero-order valence-corrected chi connectivity index (χ0v) is 8.97. The van der Waals surface area contributed by atoms with E-state index in [9.17, 15) is 4.79 Å². The Bertz CT molecular complexity index is 395. The van der Waals surface area contributed by atoms with Crippen molar-refractivity contribution in [1.82, 2.24) is 10.2 Å². The number of hydrogen-bond acceptors (Lipinski definition) is 4. The van der Waals surface area contributed by atoms with Gasteiger partial charge in [-0.05, 0) is 18.6 Å². The fourth-order valence-electron chi connectivity index (χ4n) is 1.17. The van der Waals surface area contributed by atoms with Crippen LogP contribution < -0.4 is 5.32 Å². The van der Waals surface area contributed by atoms with Crippen LogP contribution in [0.1, 0.15) is 30.3 Å². The van der Waals surface area contributed by atoms with E-state index >= 15 is 0 Å². The maximum atomic E-state index is 10.5. The van der Waals surface area contributed by atoms with Crippen LogP contribution in [-0.4, -0.2) is 27.3 Å². The first-order valence-corrected chi connectivity index (χ1v) is 4.94. The summed E-state index contributed by atoms with van der Waals surface area (Å²) in [6.07, 6.45) is 6.68. The minimum Gasteiger partial charge on any atom is -0.476 e. The zero-order chi connectivity index (χ0) is 12.0. The topological polar surface area (TPSA) is 75.1 Å². The van der Waals surface area contributed by atoms with E-state index in [4.69, 9.17) is 11.5 Å². The third-order valence-corrected chi connectivity index (χ3v) is 2.09. The van der Waals surface area contributed by atoms with E-state index in [1.54, 1.807) is 6.07 Å². The number of nitrogens with one attached hydrogen (secondary N) is 1. The monoisotopic (exact) mass is 219 g/mol. The molecule has 1 heterocycles. The molecule has 0 saturated heterocycles. The number of hydrogen-bond donors (Lipinski definition) is 2. The van der Waals surface area contributed by atoms with E-state index in [1.807, 2.05) is 6.92 Å². The second-order valence-electron chi connectivity index (χ2n) is 3.27. The molecule has 0 bridgehead atoms. The van der Waals surface area contributed by atoms with Crippen molar-refractivity contribution in [2.24, 2.45) is 0 Å². The predicted molar refractivity (Wildman–Crippen MR) is 60.1 cm³/mol. The number of carbonyl (C=O) groups is 1. The van der Waals surface area contributed by atoms with E-state index < -0.39 is 5.97 Å². The largest absolute Gasteiger partial charge is 0.476 e. The van der Waals surface area contributed by atoms with Crippen molar-refractivity contribution in [3.8, 4) is 12.3 Å². The van der Waals surface area contributed by atoms with Gasteiger partial charge < -0.3 is 10.4 Å². The molecule has 84 valence electrons. The van der Waals surface area contributed by atoms with Crippen molar-refractivity contribution < 1.29 is 9.90 Å². The normalized spacial score (nSPS) is 11.5. The Morgan fingerprint density at radius 3 is 2.81 bits per heavy atom. The lowest BCUT2D eigenvalue weighted by atomic mass is 10.1. The first kappa shape index (κ1) is 12.0. The summed E-state index contributed by atoms with van der Waals surface area (Å²) in [5.74, 6) is 2.01. The van der Waals surface area contributed by atoms with Gasteiger partial charge in [-0.2, -0.15) is 0 Å². The Balaban J connectivity index is 2.68. The first-order chi connectivity index (χ1) is 7.67. The lowest BCUT2D eigenvalue weighted by Crippen LogP contribution is -2.19. The Morgan fingerprint density at radius 1 is 1.62 bits per heavy atom. The highest BCUT2D eigenvalue weighted by Crippen LogP contribution is 2.08. The SMILES string of the molecule is C#CCC(CC)Nc1ccc(C(=O)O)nn1. The average Bonchev–Trinajstić information content (AvgIpc) is 2.29. The molecule has 1 aromatic rings. The highest BCUT2D eigenvalue weighted by molar-refractivity contribution is 5.85. The van der Waals surface area contributed by atoms with Gasteiger partial charge in [0.15, 0.2) is 5.69 Å². The molecule has 0 amide bonds. The van der Waals surface area contributed by atoms with Crippen molar-refractivity contribution in [1.29, 1.82) is 0 Å². The number of carboxylic acids is 1. The van der Waals surface area contributed by atoms with Crippen molar-refractivity contribution in [2.75, 3.05) is 5.32 Å². The van der Waals surface area contributed by atoms with Gasteiger partial charge in [-0.15, -0.1) is 22.5 Å². The molecule has 5 heteroatoms. The maximum absolute atomic E-state index is 10.5. The fraction of sp³-hybridized carbons (Fsp3) is 0.364. The number of rotatable bonds is 5. The molecule has 0 aliphatic heterocycles. The summed E-state index contributed by atoms with van der Waals surface area (Å²) < 4.78 is 0. The molecule has 1 unspecified atom stereocenters. The highest BCUT2D eigenvalue weighted by Gasteiger charge is 2.08. The first-order valence-electron chi connectivity index (χ1n) is 4.94. The molecule has 0 aromatic carbocycles. The van der Waals surface area contributed by atoms with Gasteiger partial charge in [-0.1, -0.05) is 6.92 Å². The molecule has 16 heavy (non-hydrogen) atoms. The van der Waals surface area contributed by atoms with Crippen LogP contribution in [0.2, 0.25) is 0 Å². The number of aromatic nitrogens is 2. The van der Waals surface area contributed by atoms with Gasteiger partial charge in [0.1, 0.15) is 5.82 Å². The molecule has 0 aliphatic rings. The minimum absolute atomic E-state index is 0.0736. The van der Waals surface area contributed by atoms with Gasteiger partial charge in [0.25, 0.3) is 0 Å². The molecular weight excluding hydrogens is 206 g/mol. The van der Waals surface area contributed by atoms with Gasteiger partial charge in [0, 0.05) is 12.5 Å². The quantitative estimate of drug-likeness (QED) is 0.732. The van der Waals surface area contributed by atoms with E-state index in [-0.39, 0.29) is 11.7 Å². The summed E-state index contributed by atoms with van der Waals surface area (Å²) in [4.78, 5) is 10.5. The van der Waals surface area contributed by atoms with Crippen LogP contribution in [0.5, 0.6) is 0 Å². The minimum atomic E-state index is -1.09. The standard InChI is InChI=1S/C11H13N3O2/c1-3-5-8(4-2)12-10-7-6-9(11(15)16)13-14-10/h1,6-8H,4-5H2,2H3,(H,12,14)(H,15,16). The van der Waals surface area contributed by atoms with Gasteiger partial charge in [-0.25, -0.2) is 4.79 Å². The zero-order valence-electron chi connectivity index (χ0n) is 8.97. The number of carboxylic acid groups (broad SMARTS) is 1.